The lowest BCUT2D eigenvalue weighted by atomic mass is 9.95. The molecule has 0 aliphatic carbocycles. The molecule has 0 aromatic carbocycles. The Balaban J connectivity index is 3.20. The molecular formula is C11H23NO. The van der Waals surface area contributed by atoms with E-state index in [-0.39, 0.29) is 12.0 Å². The topological polar surface area (TPSA) is 32.3 Å². The summed E-state index contributed by atoms with van der Waals surface area (Å²) in [7, 11) is 0. The molecule has 0 spiro atoms. The van der Waals surface area contributed by atoms with Gasteiger partial charge < -0.3 is 10.4 Å². The van der Waals surface area contributed by atoms with Gasteiger partial charge in [0.25, 0.3) is 0 Å². The van der Waals surface area contributed by atoms with Crippen molar-refractivity contribution in [3.8, 4) is 0 Å². The summed E-state index contributed by atoms with van der Waals surface area (Å²) in [5, 5.41) is 12.3. The minimum atomic E-state index is 0.0123. The van der Waals surface area contributed by atoms with E-state index in [0.29, 0.717) is 0 Å². The van der Waals surface area contributed by atoms with Crippen LogP contribution < -0.4 is 5.32 Å². The molecule has 0 saturated carbocycles. The summed E-state index contributed by atoms with van der Waals surface area (Å²) in [4.78, 5) is 0. The van der Waals surface area contributed by atoms with Gasteiger partial charge in [0.1, 0.15) is 0 Å². The summed E-state index contributed by atoms with van der Waals surface area (Å²) in [6.45, 7) is 9.96. The van der Waals surface area contributed by atoms with E-state index in [2.05, 4.69) is 25.7 Å². The molecular weight excluding hydrogens is 162 g/mol. The van der Waals surface area contributed by atoms with Gasteiger partial charge >= 0.3 is 0 Å². The van der Waals surface area contributed by atoms with E-state index >= 15 is 0 Å². The zero-order chi connectivity index (χ0) is 10.2. The SMILES string of the molecule is C=CCCCCNCC(C)(C)CO. The molecule has 0 unspecified atom stereocenters. The van der Waals surface area contributed by atoms with E-state index in [1.807, 2.05) is 6.08 Å². The van der Waals surface area contributed by atoms with Crippen LogP contribution in [0.3, 0.4) is 0 Å². The standard InChI is InChI=1S/C11H23NO/c1-4-5-6-7-8-12-9-11(2,3)10-13/h4,12-13H,1,5-10H2,2-3H3. The Morgan fingerprint density at radius 2 is 2.08 bits per heavy atom. The van der Waals surface area contributed by atoms with E-state index in [1.54, 1.807) is 0 Å². The molecule has 2 heteroatoms. The van der Waals surface area contributed by atoms with Gasteiger partial charge in [-0.15, -0.1) is 6.58 Å². The molecule has 2 nitrogen and oxygen atoms in total. The molecule has 0 aliphatic rings. The fourth-order valence-corrected chi connectivity index (χ4v) is 1.02. The molecule has 0 bridgehead atoms. The summed E-state index contributed by atoms with van der Waals surface area (Å²) in [5.41, 5.74) is 0.0123. The highest BCUT2D eigenvalue weighted by Crippen LogP contribution is 2.10. The van der Waals surface area contributed by atoms with Crippen molar-refractivity contribution in [1.29, 1.82) is 0 Å². The molecule has 0 aliphatic heterocycles. The first-order valence-electron chi connectivity index (χ1n) is 5.05. The second-order valence-electron chi connectivity index (χ2n) is 4.28. The average molecular weight is 185 g/mol. The molecule has 78 valence electrons. The third kappa shape index (κ3) is 8.00. The summed E-state index contributed by atoms with van der Waals surface area (Å²) in [6, 6.07) is 0. The number of nitrogens with one attached hydrogen (secondary N) is 1. The van der Waals surface area contributed by atoms with Gasteiger partial charge in [-0.2, -0.15) is 0 Å². The molecule has 0 aromatic rings. The van der Waals surface area contributed by atoms with Crippen molar-refractivity contribution in [2.45, 2.75) is 33.1 Å². The summed E-state index contributed by atoms with van der Waals surface area (Å²) in [5.74, 6) is 0. The van der Waals surface area contributed by atoms with Gasteiger partial charge in [0, 0.05) is 18.6 Å². The lowest BCUT2D eigenvalue weighted by molar-refractivity contribution is 0.157. The number of aliphatic hydroxyl groups is 1. The van der Waals surface area contributed by atoms with Crippen LogP contribution >= 0.6 is 0 Å². The first-order chi connectivity index (χ1) is 6.12. The van der Waals surface area contributed by atoms with Crippen LogP contribution in [-0.4, -0.2) is 24.8 Å². The predicted octanol–water partition coefficient (Wildman–Crippen LogP) is 1.95. The van der Waals surface area contributed by atoms with Crippen molar-refractivity contribution in [3.05, 3.63) is 12.7 Å². The third-order valence-electron chi connectivity index (χ3n) is 2.04. The Kier molecular flexibility index (Phi) is 6.92. The van der Waals surface area contributed by atoms with Crippen LogP contribution in [0.1, 0.15) is 33.1 Å². The number of aliphatic hydroxyl groups excluding tert-OH is 1. The van der Waals surface area contributed by atoms with Crippen molar-refractivity contribution < 1.29 is 5.11 Å². The van der Waals surface area contributed by atoms with Crippen molar-refractivity contribution in [3.63, 3.8) is 0 Å². The monoisotopic (exact) mass is 185 g/mol. The van der Waals surface area contributed by atoms with Crippen LogP contribution in [0.4, 0.5) is 0 Å². The lowest BCUT2D eigenvalue weighted by Crippen LogP contribution is -2.32. The molecule has 0 fully saturated rings. The number of hydrogen-bond donors (Lipinski definition) is 2. The van der Waals surface area contributed by atoms with Crippen LogP contribution in [0.2, 0.25) is 0 Å². The van der Waals surface area contributed by atoms with Crippen LogP contribution in [0.15, 0.2) is 12.7 Å². The maximum Gasteiger partial charge on any atom is 0.0494 e. The number of rotatable bonds is 8. The molecule has 2 N–H and O–H groups in total. The van der Waals surface area contributed by atoms with Crippen LogP contribution in [0, 0.1) is 5.41 Å². The summed E-state index contributed by atoms with van der Waals surface area (Å²) in [6.07, 6.45) is 5.45. The highest BCUT2D eigenvalue weighted by Gasteiger charge is 2.14. The fraction of sp³-hybridized carbons (Fsp3) is 0.818. The lowest BCUT2D eigenvalue weighted by Gasteiger charge is -2.21. The maximum absolute atomic E-state index is 8.98. The van der Waals surface area contributed by atoms with Gasteiger partial charge in [0.15, 0.2) is 0 Å². The van der Waals surface area contributed by atoms with Crippen molar-refractivity contribution in [1.82, 2.24) is 5.32 Å². The minimum absolute atomic E-state index is 0.0123. The first-order valence-corrected chi connectivity index (χ1v) is 5.05. The summed E-state index contributed by atoms with van der Waals surface area (Å²) < 4.78 is 0. The van der Waals surface area contributed by atoms with Gasteiger partial charge in [-0.3, -0.25) is 0 Å². The van der Waals surface area contributed by atoms with Gasteiger partial charge in [-0.05, 0) is 25.8 Å². The number of allylic oxidation sites excluding steroid dienone is 1. The Morgan fingerprint density at radius 1 is 1.38 bits per heavy atom. The molecule has 0 aromatic heterocycles. The van der Waals surface area contributed by atoms with E-state index < -0.39 is 0 Å². The van der Waals surface area contributed by atoms with Gasteiger partial charge in [0.05, 0.1) is 0 Å². The summed E-state index contributed by atoms with van der Waals surface area (Å²) >= 11 is 0. The molecule has 0 saturated heterocycles. The minimum Gasteiger partial charge on any atom is -0.396 e. The Hall–Kier alpha value is -0.340. The first kappa shape index (κ1) is 12.7. The van der Waals surface area contributed by atoms with Crippen molar-refractivity contribution in [2.24, 2.45) is 5.41 Å². The van der Waals surface area contributed by atoms with Gasteiger partial charge in [-0.25, -0.2) is 0 Å². The van der Waals surface area contributed by atoms with Crippen LogP contribution in [0.25, 0.3) is 0 Å². The average Bonchev–Trinajstić information content (AvgIpc) is 2.11. The number of unbranched alkanes of at least 4 members (excludes halogenated alkanes) is 2. The van der Waals surface area contributed by atoms with Crippen LogP contribution in [0.5, 0.6) is 0 Å². The second kappa shape index (κ2) is 7.10. The van der Waals surface area contributed by atoms with Gasteiger partial charge in [0.2, 0.25) is 0 Å². The van der Waals surface area contributed by atoms with E-state index in [1.165, 1.54) is 12.8 Å². The van der Waals surface area contributed by atoms with Gasteiger partial charge in [-0.1, -0.05) is 19.9 Å². The molecule has 0 atom stereocenters. The van der Waals surface area contributed by atoms with Crippen molar-refractivity contribution >= 4 is 0 Å². The smallest absolute Gasteiger partial charge is 0.0494 e. The number of hydrogen-bond acceptors (Lipinski definition) is 2. The normalized spacial score (nSPS) is 11.6. The zero-order valence-corrected chi connectivity index (χ0v) is 8.97. The zero-order valence-electron chi connectivity index (χ0n) is 8.97. The third-order valence-corrected chi connectivity index (χ3v) is 2.04. The van der Waals surface area contributed by atoms with E-state index in [9.17, 15) is 0 Å². The fourth-order valence-electron chi connectivity index (χ4n) is 1.02. The molecule has 0 heterocycles. The Bertz CT molecular complexity index is 132. The van der Waals surface area contributed by atoms with Crippen LogP contribution in [-0.2, 0) is 0 Å². The van der Waals surface area contributed by atoms with E-state index in [4.69, 9.17) is 5.11 Å². The molecule has 0 radical (unpaired) electrons. The highest BCUT2D eigenvalue weighted by atomic mass is 16.3. The quantitative estimate of drug-likeness (QED) is 0.447. The largest absolute Gasteiger partial charge is 0.396 e. The Morgan fingerprint density at radius 3 is 2.62 bits per heavy atom. The second-order valence-corrected chi connectivity index (χ2v) is 4.28. The predicted molar refractivity (Wildman–Crippen MR) is 57.8 cm³/mol. The maximum atomic E-state index is 8.98. The van der Waals surface area contributed by atoms with E-state index in [0.717, 1.165) is 19.5 Å². The van der Waals surface area contributed by atoms with Crippen molar-refractivity contribution in [2.75, 3.05) is 19.7 Å². The Labute approximate surface area is 82.0 Å². The molecule has 0 rings (SSSR count). The highest BCUT2D eigenvalue weighted by molar-refractivity contribution is 4.70. The molecule has 0 amide bonds. The molecule has 13 heavy (non-hydrogen) atoms.